The predicted molar refractivity (Wildman–Crippen MR) is 119 cm³/mol. The summed E-state index contributed by atoms with van der Waals surface area (Å²) in [4.78, 5) is 18.5. The van der Waals surface area contributed by atoms with Crippen molar-refractivity contribution in [3.05, 3.63) is 59.7 Å². The maximum absolute atomic E-state index is 12.3. The number of amides is 1. The average molecular weight is 446 g/mol. The molecule has 32 heavy (non-hydrogen) atoms. The molecule has 0 spiro atoms. The van der Waals surface area contributed by atoms with Crippen molar-refractivity contribution < 1.29 is 23.0 Å². The molecule has 2 aromatic carbocycles. The van der Waals surface area contributed by atoms with E-state index in [0.717, 1.165) is 29.7 Å². The molecular formula is C23H28F2N4O3. The third-order valence-corrected chi connectivity index (χ3v) is 5.01. The summed E-state index contributed by atoms with van der Waals surface area (Å²) in [6, 6.07) is 14.1. The average Bonchev–Trinajstić information content (AvgIpc) is 3.31. The number of rotatable bonds is 8. The van der Waals surface area contributed by atoms with Crippen molar-refractivity contribution in [3.63, 3.8) is 0 Å². The molecule has 1 unspecified atom stereocenters. The molecule has 1 heterocycles. The molecule has 3 rings (SSSR count). The number of alkyl halides is 2. The molecule has 1 fully saturated rings. The van der Waals surface area contributed by atoms with E-state index in [1.165, 1.54) is 12.1 Å². The fourth-order valence-corrected chi connectivity index (χ4v) is 3.46. The van der Waals surface area contributed by atoms with E-state index >= 15 is 0 Å². The Bertz CT molecular complexity index is 916. The number of benzene rings is 2. The largest absolute Gasteiger partial charge is 0.435 e. The highest BCUT2D eigenvalue weighted by Crippen LogP contribution is 2.17. The maximum atomic E-state index is 12.3. The van der Waals surface area contributed by atoms with Gasteiger partial charge in [-0.3, -0.25) is 9.79 Å². The molecule has 1 aliphatic rings. The molecule has 0 aromatic heterocycles. The van der Waals surface area contributed by atoms with Gasteiger partial charge < -0.3 is 25.0 Å². The van der Waals surface area contributed by atoms with Gasteiger partial charge in [0.25, 0.3) is 5.91 Å². The van der Waals surface area contributed by atoms with E-state index in [1.54, 1.807) is 19.2 Å². The molecule has 1 atom stereocenters. The first-order valence-electron chi connectivity index (χ1n) is 10.4. The number of guanidine groups is 1. The Kier molecular flexibility index (Phi) is 8.38. The summed E-state index contributed by atoms with van der Waals surface area (Å²) >= 11 is 0. The van der Waals surface area contributed by atoms with Gasteiger partial charge in [-0.2, -0.15) is 8.78 Å². The third kappa shape index (κ3) is 6.91. The van der Waals surface area contributed by atoms with Crippen LogP contribution in [0.15, 0.2) is 53.5 Å². The standard InChI is InChI=1S/C23H28F2N4O3/c1-26-23(29(2)15-16-8-10-19(11-9-16)32-22(24)25)27-14-17-5-3-6-18(13-17)28-21(30)20-7-4-12-31-20/h3,5-6,8-11,13,20,22H,4,7,12,14-15H2,1-2H3,(H,26,27)(H,28,30). The van der Waals surface area contributed by atoms with Gasteiger partial charge in [-0.15, -0.1) is 0 Å². The molecule has 2 N–H and O–H groups in total. The molecule has 9 heteroatoms. The number of carbonyl (C=O) groups is 1. The summed E-state index contributed by atoms with van der Waals surface area (Å²) in [5, 5.41) is 6.20. The number of hydrogen-bond acceptors (Lipinski definition) is 4. The lowest BCUT2D eigenvalue weighted by molar-refractivity contribution is -0.124. The van der Waals surface area contributed by atoms with Crippen LogP contribution in [0.4, 0.5) is 14.5 Å². The molecule has 0 radical (unpaired) electrons. The van der Waals surface area contributed by atoms with Crippen LogP contribution in [0.1, 0.15) is 24.0 Å². The number of hydrogen-bond donors (Lipinski definition) is 2. The van der Waals surface area contributed by atoms with E-state index in [0.29, 0.717) is 25.7 Å². The third-order valence-electron chi connectivity index (χ3n) is 5.01. The first-order valence-corrected chi connectivity index (χ1v) is 10.4. The number of nitrogens with one attached hydrogen (secondary N) is 2. The summed E-state index contributed by atoms with van der Waals surface area (Å²) in [5.74, 6) is 0.681. The quantitative estimate of drug-likeness (QED) is 0.479. The Labute approximate surface area is 186 Å². The molecule has 1 aliphatic heterocycles. The summed E-state index contributed by atoms with van der Waals surface area (Å²) in [5.41, 5.74) is 2.63. The summed E-state index contributed by atoms with van der Waals surface area (Å²) in [7, 11) is 3.58. The van der Waals surface area contributed by atoms with Crippen LogP contribution in [0.3, 0.4) is 0 Å². The van der Waals surface area contributed by atoms with Crippen LogP contribution < -0.4 is 15.4 Å². The Balaban J connectivity index is 1.52. The zero-order chi connectivity index (χ0) is 22.9. The topological polar surface area (TPSA) is 75.2 Å². The highest BCUT2D eigenvalue weighted by atomic mass is 19.3. The van der Waals surface area contributed by atoms with Crippen molar-refractivity contribution in [2.24, 2.45) is 4.99 Å². The van der Waals surface area contributed by atoms with E-state index in [-0.39, 0.29) is 17.8 Å². The van der Waals surface area contributed by atoms with E-state index in [2.05, 4.69) is 20.4 Å². The minimum Gasteiger partial charge on any atom is -0.435 e. The summed E-state index contributed by atoms with van der Waals surface area (Å²) in [6.07, 6.45) is 1.28. The highest BCUT2D eigenvalue weighted by molar-refractivity contribution is 5.94. The van der Waals surface area contributed by atoms with E-state index < -0.39 is 6.61 Å². The second kappa shape index (κ2) is 11.4. The van der Waals surface area contributed by atoms with E-state index in [4.69, 9.17) is 4.74 Å². The number of carbonyl (C=O) groups excluding carboxylic acids is 1. The zero-order valence-electron chi connectivity index (χ0n) is 18.2. The molecule has 0 bridgehead atoms. The van der Waals surface area contributed by atoms with Crippen molar-refractivity contribution in [1.82, 2.24) is 10.2 Å². The Morgan fingerprint density at radius 2 is 2.03 bits per heavy atom. The smallest absolute Gasteiger partial charge is 0.387 e. The maximum Gasteiger partial charge on any atom is 0.387 e. The summed E-state index contributed by atoms with van der Waals surface area (Å²) in [6.45, 7) is -1.16. The minimum atomic E-state index is -2.84. The lowest BCUT2D eigenvalue weighted by atomic mass is 10.2. The molecule has 0 aliphatic carbocycles. The van der Waals surface area contributed by atoms with Gasteiger partial charge in [-0.1, -0.05) is 24.3 Å². The number of halogens is 2. The van der Waals surface area contributed by atoms with E-state index in [9.17, 15) is 13.6 Å². The second-order valence-corrected chi connectivity index (χ2v) is 7.47. The predicted octanol–water partition coefficient (Wildman–Crippen LogP) is 3.61. The van der Waals surface area contributed by atoms with Crippen molar-refractivity contribution >= 4 is 17.6 Å². The molecule has 0 saturated carbocycles. The first-order chi connectivity index (χ1) is 15.4. The normalized spacial score (nSPS) is 16.2. The van der Waals surface area contributed by atoms with Gasteiger partial charge in [0.1, 0.15) is 11.9 Å². The Morgan fingerprint density at radius 1 is 1.25 bits per heavy atom. The zero-order valence-corrected chi connectivity index (χ0v) is 18.2. The van der Waals surface area contributed by atoms with Crippen LogP contribution >= 0.6 is 0 Å². The minimum absolute atomic E-state index is 0.117. The number of anilines is 1. The SMILES string of the molecule is CN=C(NCc1cccc(NC(=O)C2CCCO2)c1)N(C)Cc1ccc(OC(F)F)cc1. The van der Waals surface area contributed by atoms with Crippen molar-refractivity contribution in [1.29, 1.82) is 0 Å². The number of nitrogens with zero attached hydrogens (tertiary/aromatic N) is 2. The van der Waals surface area contributed by atoms with Gasteiger partial charge in [0.2, 0.25) is 0 Å². The fourth-order valence-electron chi connectivity index (χ4n) is 3.46. The van der Waals surface area contributed by atoms with Crippen molar-refractivity contribution in [2.75, 3.05) is 26.0 Å². The molecular weight excluding hydrogens is 418 g/mol. The van der Waals surface area contributed by atoms with Gasteiger partial charge in [0.15, 0.2) is 5.96 Å². The molecule has 1 amide bonds. The highest BCUT2D eigenvalue weighted by Gasteiger charge is 2.23. The van der Waals surface area contributed by atoms with Gasteiger partial charge in [-0.25, -0.2) is 0 Å². The van der Waals surface area contributed by atoms with Crippen LogP contribution in [0.2, 0.25) is 0 Å². The van der Waals surface area contributed by atoms with Gasteiger partial charge >= 0.3 is 6.61 Å². The lowest BCUT2D eigenvalue weighted by Gasteiger charge is -2.22. The molecule has 1 saturated heterocycles. The number of aliphatic imine (C=N–C) groups is 1. The van der Waals surface area contributed by atoms with Crippen LogP contribution in [-0.4, -0.2) is 50.2 Å². The van der Waals surface area contributed by atoms with Crippen LogP contribution in [-0.2, 0) is 22.6 Å². The Morgan fingerprint density at radius 3 is 2.69 bits per heavy atom. The molecule has 172 valence electrons. The van der Waals surface area contributed by atoms with Crippen LogP contribution in [0, 0.1) is 0 Å². The Hall–Kier alpha value is -3.20. The van der Waals surface area contributed by atoms with E-state index in [1.807, 2.05) is 36.2 Å². The van der Waals surface area contributed by atoms with Crippen molar-refractivity contribution in [3.8, 4) is 5.75 Å². The van der Waals surface area contributed by atoms with Crippen LogP contribution in [0.25, 0.3) is 0 Å². The van der Waals surface area contributed by atoms with Crippen LogP contribution in [0.5, 0.6) is 5.75 Å². The molecule has 7 nitrogen and oxygen atoms in total. The monoisotopic (exact) mass is 446 g/mol. The van der Waals surface area contributed by atoms with Gasteiger partial charge in [0, 0.05) is 39.5 Å². The van der Waals surface area contributed by atoms with Crippen molar-refractivity contribution in [2.45, 2.75) is 38.6 Å². The first kappa shape index (κ1) is 23.5. The van der Waals surface area contributed by atoms with Gasteiger partial charge in [0.05, 0.1) is 0 Å². The fraction of sp³-hybridized carbons (Fsp3) is 0.391. The lowest BCUT2D eigenvalue weighted by Crippen LogP contribution is -2.38. The summed E-state index contributed by atoms with van der Waals surface area (Å²) < 4.78 is 34.4. The second-order valence-electron chi connectivity index (χ2n) is 7.47. The number of ether oxygens (including phenoxy) is 2. The molecule has 2 aromatic rings. The van der Waals surface area contributed by atoms with Gasteiger partial charge in [-0.05, 0) is 48.2 Å².